The molecule has 4 aromatic rings. The molecule has 1 N–H and O–H groups in total. The minimum atomic E-state index is -0.391. The maximum atomic E-state index is 14.6. The molecule has 1 aliphatic heterocycles. The van der Waals surface area contributed by atoms with Gasteiger partial charge in [-0.15, -0.1) is 0 Å². The molecule has 1 fully saturated rings. The summed E-state index contributed by atoms with van der Waals surface area (Å²) in [4.78, 5) is 25.5. The first-order valence-corrected chi connectivity index (χ1v) is 9.53. The molecule has 1 aliphatic rings. The zero-order valence-electron chi connectivity index (χ0n) is 16.0. The molecule has 0 spiro atoms. The summed E-state index contributed by atoms with van der Waals surface area (Å²) in [7, 11) is 2.12. The molecule has 0 saturated carbocycles. The van der Waals surface area contributed by atoms with E-state index in [0.29, 0.717) is 22.5 Å². The van der Waals surface area contributed by atoms with Gasteiger partial charge in [-0.2, -0.15) is 4.98 Å². The Morgan fingerprint density at radius 3 is 2.55 bits per heavy atom. The van der Waals surface area contributed by atoms with Crippen LogP contribution in [0.15, 0.2) is 49.1 Å². The summed E-state index contributed by atoms with van der Waals surface area (Å²) >= 11 is 0. The van der Waals surface area contributed by atoms with Gasteiger partial charge in [0.25, 0.3) is 0 Å². The second-order valence-corrected chi connectivity index (χ2v) is 7.20. The van der Waals surface area contributed by atoms with Gasteiger partial charge in [0.05, 0.1) is 17.4 Å². The summed E-state index contributed by atoms with van der Waals surface area (Å²) in [6.07, 6.45) is 6.23. The Labute approximate surface area is 167 Å². The van der Waals surface area contributed by atoms with Crippen molar-refractivity contribution >= 4 is 17.1 Å². The van der Waals surface area contributed by atoms with Crippen molar-refractivity contribution in [2.24, 2.45) is 0 Å². The molecule has 0 aliphatic carbocycles. The van der Waals surface area contributed by atoms with E-state index in [1.165, 1.54) is 6.20 Å². The minimum Gasteiger partial charge on any atom is -0.340 e. The number of H-pyrrole nitrogens is 1. The third kappa shape index (κ3) is 3.31. The molecule has 8 heteroatoms. The van der Waals surface area contributed by atoms with Gasteiger partial charge in [-0.1, -0.05) is 0 Å². The van der Waals surface area contributed by atoms with Gasteiger partial charge >= 0.3 is 0 Å². The first kappa shape index (κ1) is 17.7. The first-order chi connectivity index (χ1) is 14.2. The van der Waals surface area contributed by atoms with E-state index in [-0.39, 0.29) is 0 Å². The van der Waals surface area contributed by atoms with E-state index < -0.39 is 5.82 Å². The van der Waals surface area contributed by atoms with Gasteiger partial charge in [0.2, 0.25) is 5.95 Å². The highest BCUT2D eigenvalue weighted by Gasteiger charge is 2.20. The Morgan fingerprint density at radius 1 is 0.966 bits per heavy atom. The molecule has 0 amide bonds. The molecule has 0 aromatic carbocycles. The highest BCUT2D eigenvalue weighted by Crippen LogP contribution is 2.34. The highest BCUT2D eigenvalue weighted by molar-refractivity contribution is 5.89. The molecule has 0 bridgehead atoms. The summed E-state index contributed by atoms with van der Waals surface area (Å²) < 4.78 is 14.6. The van der Waals surface area contributed by atoms with Crippen molar-refractivity contribution in [3.63, 3.8) is 0 Å². The number of hydrogen-bond donors (Lipinski definition) is 1. The van der Waals surface area contributed by atoms with Crippen LogP contribution in [-0.4, -0.2) is 63.0 Å². The number of pyridine rings is 3. The van der Waals surface area contributed by atoms with E-state index in [4.69, 9.17) is 9.97 Å². The second kappa shape index (κ2) is 7.21. The standard InChI is InChI=1S/C21H20FN7/c1-28-7-9-29(10-8-28)21-25-18-11-16(15-4-6-24-13-17(15)22)19(26-20(18)27-21)14-3-2-5-23-12-14/h2-6,11-13H,7-10H2,1H3,(H,25,26,27). The molecule has 146 valence electrons. The van der Waals surface area contributed by atoms with Gasteiger partial charge in [-0.05, 0) is 31.3 Å². The van der Waals surface area contributed by atoms with Gasteiger partial charge in [0, 0.05) is 61.5 Å². The van der Waals surface area contributed by atoms with Crippen LogP contribution in [-0.2, 0) is 0 Å². The van der Waals surface area contributed by atoms with Crippen molar-refractivity contribution in [1.29, 1.82) is 0 Å². The summed E-state index contributed by atoms with van der Waals surface area (Å²) in [5.74, 6) is 0.405. The van der Waals surface area contributed by atoms with Crippen LogP contribution in [0.25, 0.3) is 33.5 Å². The molecule has 5 heterocycles. The lowest BCUT2D eigenvalue weighted by molar-refractivity contribution is 0.311. The predicted octanol–water partition coefficient (Wildman–Crippen LogP) is 2.97. The van der Waals surface area contributed by atoms with Crippen LogP contribution in [0.1, 0.15) is 0 Å². The molecule has 0 unspecified atom stereocenters. The normalized spacial score (nSPS) is 15.2. The number of likely N-dealkylation sites (N-methyl/N-ethyl adjacent to an activating group) is 1. The first-order valence-electron chi connectivity index (χ1n) is 9.53. The van der Waals surface area contributed by atoms with Crippen molar-refractivity contribution in [1.82, 2.24) is 29.8 Å². The Bertz CT molecular complexity index is 1150. The van der Waals surface area contributed by atoms with Gasteiger partial charge in [0.15, 0.2) is 5.65 Å². The number of rotatable bonds is 3. The maximum absolute atomic E-state index is 14.6. The number of nitrogens with zero attached hydrogens (tertiary/aromatic N) is 6. The predicted molar refractivity (Wildman–Crippen MR) is 110 cm³/mol. The van der Waals surface area contributed by atoms with Gasteiger partial charge in [0.1, 0.15) is 5.82 Å². The van der Waals surface area contributed by atoms with E-state index in [1.807, 2.05) is 18.2 Å². The topological polar surface area (TPSA) is 73.8 Å². The monoisotopic (exact) mass is 389 g/mol. The van der Waals surface area contributed by atoms with Crippen molar-refractivity contribution in [3.05, 3.63) is 54.9 Å². The zero-order valence-corrected chi connectivity index (χ0v) is 16.0. The molecule has 5 rings (SSSR count). The maximum Gasteiger partial charge on any atom is 0.205 e. The molecule has 7 nitrogen and oxygen atoms in total. The molecular weight excluding hydrogens is 369 g/mol. The minimum absolute atomic E-state index is 0.391. The van der Waals surface area contributed by atoms with E-state index in [9.17, 15) is 4.39 Å². The third-order valence-electron chi connectivity index (χ3n) is 5.26. The summed E-state index contributed by atoms with van der Waals surface area (Å²) in [5, 5.41) is 0. The number of aromatic amines is 1. The lowest BCUT2D eigenvalue weighted by Crippen LogP contribution is -2.44. The van der Waals surface area contributed by atoms with Crippen LogP contribution >= 0.6 is 0 Å². The number of hydrogen-bond acceptors (Lipinski definition) is 6. The third-order valence-corrected chi connectivity index (χ3v) is 5.26. The van der Waals surface area contributed by atoms with Crippen LogP contribution in [0.2, 0.25) is 0 Å². The average Bonchev–Trinajstić information content (AvgIpc) is 3.17. The lowest BCUT2D eigenvalue weighted by Gasteiger charge is -2.31. The largest absolute Gasteiger partial charge is 0.340 e. The van der Waals surface area contributed by atoms with E-state index in [1.54, 1.807) is 24.7 Å². The van der Waals surface area contributed by atoms with Gasteiger partial charge in [-0.25, -0.2) is 9.37 Å². The number of halogens is 1. The number of nitrogens with one attached hydrogen (secondary N) is 1. The number of piperazine rings is 1. The molecule has 0 radical (unpaired) electrons. The fourth-order valence-corrected chi connectivity index (χ4v) is 3.62. The molecule has 0 atom stereocenters. The van der Waals surface area contributed by atoms with Crippen molar-refractivity contribution in [3.8, 4) is 22.4 Å². The van der Waals surface area contributed by atoms with Crippen LogP contribution in [0.3, 0.4) is 0 Å². The van der Waals surface area contributed by atoms with Crippen LogP contribution in [0.5, 0.6) is 0 Å². The number of aromatic nitrogens is 5. The van der Waals surface area contributed by atoms with Gasteiger partial charge < -0.3 is 14.8 Å². The molecule has 29 heavy (non-hydrogen) atoms. The Morgan fingerprint density at radius 2 is 1.79 bits per heavy atom. The Kier molecular flexibility index (Phi) is 4.40. The molecule has 1 saturated heterocycles. The summed E-state index contributed by atoms with van der Waals surface area (Å²) in [6, 6.07) is 7.33. The fraction of sp³-hybridized carbons (Fsp3) is 0.238. The summed E-state index contributed by atoms with van der Waals surface area (Å²) in [6.45, 7) is 3.77. The lowest BCUT2D eigenvalue weighted by atomic mass is 10.0. The van der Waals surface area contributed by atoms with Crippen molar-refractivity contribution in [2.45, 2.75) is 0 Å². The van der Waals surface area contributed by atoms with Crippen LogP contribution in [0, 0.1) is 5.82 Å². The summed E-state index contributed by atoms with van der Waals surface area (Å²) in [5.41, 5.74) is 3.97. The van der Waals surface area contributed by atoms with Crippen molar-refractivity contribution in [2.75, 3.05) is 38.1 Å². The highest BCUT2D eigenvalue weighted by atomic mass is 19.1. The zero-order chi connectivity index (χ0) is 19.8. The molecular formula is C21H20FN7. The quantitative estimate of drug-likeness (QED) is 0.581. The van der Waals surface area contributed by atoms with Crippen LogP contribution < -0.4 is 4.90 Å². The average molecular weight is 389 g/mol. The SMILES string of the molecule is CN1CCN(c2nc3nc(-c4cccnc4)c(-c4ccncc4F)cc3[nH]2)CC1. The fourth-order valence-electron chi connectivity index (χ4n) is 3.62. The van der Waals surface area contributed by atoms with Gasteiger partial charge in [-0.3, -0.25) is 9.97 Å². The second-order valence-electron chi connectivity index (χ2n) is 7.20. The Hall–Kier alpha value is -3.39. The number of anilines is 1. The Balaban J connectivity index is 1.66. The molecule has 4 aromatic heterocycles. The van der Waals surface area contributed by atoms with Crippen molar-refractivity contribution < 1.29 is 4.39 Å². The smallest absolute Gasteiger partial charge is 0.205 e. The number of fused-ring (bicyclic) bond motifs is 1. The van der Waals surface area contributed by atoms with Crippen LogP contribution in [0.4, 0.5) is 10.3 Å². The van der Waals surface area contributed by atoms with E-state index >= 15 is 0 Å². The number of imidazole rings is 1. The van der Waals surface area contributed by atoms with E-state index in [0.717, 1.165) is 43.2 Å². The van der Waals surface area contributed by atoms with E-state index in [2.05, 4.69) is 31.8 Å².